The van der Waals surface area contributed by atoms with E-state index in [1.807, 2.05) is 0 Å². The Morgan fingerprint density at radius 3 is 2.26 bits per heavy atom. The number of thiophene rings is 1. The lowest BCUT2D eigenvalue weighted by atomic mass is 9.85. The van der Waals surface area contributed by atoms with Gasteiger partial charge in [-0.1, -0.05) is 42.8 Å². The Kier molecular flexibility index (Phi) is 13.2. The molecule has 19 heteroatoms. The number of likely N-dealkylation sites (N-methyl/N-ethyl adjacent to an activating group) is 1. The molecule has 2 heterocycles. The van der Waals surface area contributed by atoms with Crippen LogP contribution in [0.4, 0.5) is 14.5 Å². The Bertz CT molecular complexity index is 1920. The third-order valence-corrected chi connectivity index (χ3v) is 11.3. The summed E-state index contributed by atoms with van der Waals surface area (Å²) >= 11 is 4.31. The Hall–Kier alpha value is -3.80. The summed E-state index contributed by atoms with van der Waals surface area (Å²) in [4.78, 5) is 88.0. The normalized spacial score (nSPS) is 17.0. The Labute approximate surface area is 316 Å². The van der Waals surface area contributed by atoms with E-state index < -0.39 is 66.1 Å². The number of ether oxygens (including phenoxy) is 1. The maximum absolute atomic E-state index is 14.5. The molecular weight excluding hydrogens is 803 g/mol. The number of nitrogens with zero attached hydrogens (tertiary/aromatic N) is 2. The fourth-order valence-electron chi connectivity index (χ4n) is 5.69. The van der Waals surface area contributed by atoms with Gasteiger partial charge >= 0.3 is 13.3 Å². The van der Waals surface area contributed by atoms with Crippen molar-refractivity contribution in [3.63, 3.8) is 0 Å². The van der Waals surface area contributed by atoms with Crippen LogP contribution in [0.2, 0.25) is 0 Å². The Balaban J connectivity index is 1.67. The molecular formula is C34H41BrF2N5O9PS. The van der Waals surface area contributed by atoms with Gasteiger partial charge in [0.05, 0.1) is 11.0 Å². The number of alkyl halides is 2. The second kappa shape index (κ2) is 16.7. The van der Waals surface area contributed by atoms with Gasteiger partial charge in [0.2, 0.25) is 23.6 Å². The SMILES string of the molecule is CNC(=O)CCN(C(=O)[C@@H]1C[C@@H](OCC(=O)NC)CN1C(=O)[C@@H](NC(=O)c1cc2cc(C(F)(F)P(=O)(O)O)ccc2s1)C(C)(C)C)c1ccc(Br)cc1. The van der Waals surface area contributed by atoms with E-state index in [1.165, 1.54) is 36.0 Å². The molecule has 0 radical (unpaired) electrons. The largest absolute Gasteiger partial charge is 0.399 e. The van der Waals surface area contributed by atoms with Crippen molar-refractivity contribution in [2.75, 3.05) is 38.7 Å². The molecule has 4 rings (SSSR count). The van der Waals surface area contributed by atoms with E-state index in [9.17, 15) is 47.1 Å². The summed E-state index contributed by atoms with van der Waals surface area (Å²) in [5.74, 6) is -2.58. The molecule has 1 aliphatic rings. The average molecular weight is 845 g/mol. The maximum atomic E-state index is 14.5. The van der Waals surface area contributed by atoms with Crippen LogP contribution in [0.15, 0.2) is 53.0 Å². The number of halogens is 3. The van der Waals surface area contributed by atoms with Gasteiger partial charge < -0.3 is 40.3 Å². The lowest BCUT2D eigenvalue weighted by Crippen LogP contribution is -2.58. The maximum Gasteiger partial charge on any atom is 0.399 e. The predicted octanol–water partition coefficient (Wildman–Crippen LogP) is 3.94. The molecule has 0 saturated carbocycles. The van der Waals surface area contributed by atoms with E-state index in [2.05, 4.69) is 31.9 Å². The summed E-state index contributed by atoms with van der Waals surface area (Å²) in [6.07, 6.45) is -0.767. The number of fused-ring (bicyclic) bond motifs is 1. The standard InChI is InChI=1S/C34H41BrF2N5O9PS/c1-33(2,3)29(40-30(45)26-15-19-14-20(6-11-25(19)53-26)34(36,37)52(48,49)50)32(47)42-17-23(51-18-28(44)39-5)16-24(42)31(46)41(13-12-27(43)38-4)22-9-7-21(35)8-10-22/h6-11,14-15,23-24,29H,12-13,16-18H2,1-5H3,(H,38,43)(H,39,44)(H,40,45)(H2,48,49,50)/t23-,24+,29-/m1/s1. The van der Waals surface area contributed by atoms with Crippen molar-refractivity contribution in [3.05, 3.63) is 63.4 Å². The summed E-state index contributed by atoms with van der Waals surface area (Å²) in [7, 11) is -2.92. The number of anilines is 1. The molecule has 3 atom stereocenters. The van der Waals surface area contributed by atoms with Crippen LogP contribution in [0, 0.1) is 5.41 Å². The number of likely N-dealkylation sites (tertiary alicyclic amines) is 1. The van der Waals surface area contributed by atoms with Gasteiger partial charge in [0.25, 0.3) is 5.91 Å². The van der Waals surface area contributed by atoms with Crippen LogP contribution in [0.1, 0.15) is 48.8 Å². The molecule has 5 N–H and O–H groups in total. The minimum atomic E-state index is -5.83. The molecule has 288 valence electrons. The number of amides is 5. The highest BCUT2D eigenvalue weighted by molar-refractivity contribution is 9.10. The van der Waals surface area contributed by atoms with Gasteiger partial charge in [-0.25, -0.2) is 0 Å². The van der Waals surface area contributed by atoms with Crippen molar-refractivity contribution in [2.24, 2.45) is 5.41 Å². The zero-order chi connectivity index (χ0) is 39.5. The molecule has 1 aliphatic heterocycles. The first-order valence-electron chi connectivity index (χ1n) is 16.4. The topological polar surface area (TPSA) is 195 Å². The fourth-order valence-corrected chi connectivity index (χ4v) is 7.38. The van der Waals surface area contributed by atoms with Gasteiger partial charge in [-0.05, 0) is 53.3 Å². The van der Waals surface area contributed by atoms with Crippen LogP contribution in [-0.4, -0.2) is 96.2 Å². The first-order valence-corrected chi connectivity index (χ1v) is 19.6. The second-order valence-corrected chi connectivity index (χ2v) is 17.1. The zero-order valence-electron chi connectivity index (χ0n) is 29.5. The zero-order valence-corrected chi connectivity index (χ0v) is 32.8. The van der Waals surface area contributed by atoms with E-state index in [0.29, 0.717) is 10.4 Å². The highest BCUT2D eigenvalue weighted by Gasteiger charge is 2.50. The number of carbonyl (C=O) groups excluding carboxylic acids is 5. The summed E-state index contributed by atoms with van der Waals surface area (Å²) in [6, 6.07) is 8.76. The van der Waals surface area contributed by atoms with Crippen LogP contribution in [0.5, 0.6) is 0 Å². The van der Waals surface area contributed by atoms with E-state index in [-0.39, 0.29) is 48.7 Å². The summed E-state index contributed by atoms with van der Waals surface area (Å²) < 4.78 is 47.2. The number of hydrogen-bond acceptors (Lipinski definition) is 8. The third kappa shape index (κ3) is 9.85. The quantitative estimate of drug-likeness (QED) is 0.159. The summed E-state index contributed by atoms with van der Waals surface area (Å²) in [5.41, 5.74) is -5.83. The molecule has 1 fully saturated rings. The van der Waals surface area contributed by atoms with Gasteiger partial charge in [0.15, 0.2) is 0 Å². The average Bonchev–Trinajstić information content (AvgIpc) is 3.73. The minimum Gasteiger partial charge on any atom is -0.366 e. The van der Waals surface area contributed by atoms with Crippen molar-refractivity contribution in [1.29, 1.82) is 0 Å². The molecule has 53 heavy (non-hydrogen) atoms. The third-order valence-electron chi connectivity index (χ3n) is 8.65. The van der Waals surface area contributed by atoms with Crippen LogP contribution >= 0.6 is 34.9 Å². The molecule has 3 aromatic rings. The first-order chi connectivity index (χ1) is 24.7. The van der Waals surface area contributed by atoms with Gasteiger partial charge in [0.1, 0.15) is 18.7 Å². The van der Waals surface area contributed by atoms with Gasteiger partial charge in [-0.3, -0.25) is 28.5 Å². The number of nitrogens with one attached hydrogen (secondary N) is 3. The summed E-state index contributed by atoms with van der Waals surface area (Å²) in [6.45, 7) is 4.68. The predicted molar refractivity (Wildman–Crippen MR) is 198 cm³/mol. The Morgan fingerprint density at radius 1 is 1.04 bits per heavy atom. The molecule has 14 nitrogen and oxygen atoms in total. The van der Waals surface area contributed by atoms with Crippen molar-refractivity contribution < 1.29 is 51.8 Å². The molecule has 2 aromatic carbocycles. The highest BCUT2D eigenvalue weighted by Crippen LogP contribution is 2.59. The first kappa shape index (κ1) is 41.9. The lowest BCUT2D eigenvalue weighted by Gasteiger charge is -2.36. The van der Waals surface area contributed by atoms with Crippen LogP contribution in [-0.2, 0) is 34.1 Å². The molecule has 0 aliphatic carbocycles. The van der Waals surface area contributed by atoms with E-state index >= 15 is 0 Å². The fraction of sp³-hybridized carbons (Fsp3) is 0.441. The molecule has 0 unspecified atom stereocenters. The molecule has 5 amide bonds. The number of benzene rings is 2. The second-order valence-electron chi connectivity index (χ2n) is 13.5. The van der Waals surface area contributed by atoms with E-state index in [1.54, 1.807) is 45.0 Å². The van der Waals surface area contributed by atoms with Crippen molar-refractivity contribution in [1.82, 2.24) is 20.9 Å². The Morgan fingerprint density at radius 2 is 1.68 bits per heavy atom. The van der Waals surface area contributed by atoms with Crippen molar-refractivity contribution >= 4 is 80.2 Å². The molecule has 1 aromatic heterocycles. The minimum absolute atomic E-state index is 0.0112. The van der Waals surface area contributed by atoms with Crippen LogP contribution in [0.3, 0.4) is 0 Å². The van der Waals surface area contributed by atoms with E-state index in [4.69, 9.17) is 4.74 Å². The van der Waals surface area contributed by atoms with Crippen molar-refractivity contribution in [3.8, 4) is 0 Å². The van der Waals surface area contributed by atoms with Gasteiger partial charge in [-0.2, -0.15) is 8.78 Å². The monoisotopic (exact) mass is 843 g/mol. The molecule has 0 bridgehead atoms. The molecule has 1 saturated heterocycles. The van der Waals surface area contributed by atoms with Crippen molar-refractivity contribution in [2.45, 2.75) is 57.5 Å². The number of carbonyl (C=O) groups is 5. The smallest absolute Gasteiger partial charge is 0.366 e. The van der Waals surface area contributed by atoms with E-state index in [0.717, 1.165) is 27.9 Å². The van der Waals surface area contributed by atoms with Gasteiger partial charge in [-0.15, -0.1) is 11.3 Å². The summed E-state index contributed by atoms with van der Waals surface area (Å²) in [5, 5.41) is 7.87. The highest BCUT2D eigenvalue weighted by atomic mass is 79.9. The van der Waals surface area contributed by atoms with Crippen LogP contribution in [0.25, 0.3) is 10.1 Å². The van der Waals surface area contributed by atoms with Gasteiger partial charge in [0, 0.05) is 60.4 Å². The number of hydrogen-bond donors (Lipinski definition) is 5. The number of rotatable bonds is 13. The lowest BCUT2D eigenvalue weighted by molar-refractivity contribution is -0.141. The molecule has 0 spiro atoms. The van der Waals surface area contributed by atoms with Crippen LogP contribution < -0.4 is 20.9 Å².